The number of esters is 1. The number of sulfonamides is 1. The number of carbonyl (C=O) groups excluding carboxylic acids is 4. The molecule has 2 aliphatic carbocycles. The molecule has 57 heavy (non-hydrogen) atoms. The van der Waals surface area contributed by atoms with Gasteiger partial charge in [0.15, 0.2) is 11.4 Å². The minimum atomic E-state index is -4.68. The number of allylic oxidation sites excluding steroid dienone is 2. The summed E-state index contributed by atoms with van der Waals surface area (Å²) in [6.45, 7) is 3.04. The predicted molar refractivity (Wildman–Crippen MR) is 208 cm³/mol. The van der Waals surface area contributed by atoms with Gasteiger partial charge in [0, 0.05) is 27.7 Å². The molecule has 0 spiro atoms. The quantitative estimate of drug-likeness (QED) is 0.195. The SMILES string of the molecule is [2H]C([2H])([2H])C1(S(=O)(=O)NC(=O)[C@]23CC(=O)[C@@H]4C[C@@H](Oc5ncc(OC)c6ccccc56)CN4C(=O)[C@@H](CC(=O)OC(C)(C)C(F)F)[C@H](CC)C[C@@H](C)CC/C=C\[C@@H]2C3)CC1. The Bertz CT molecular complexity index is 2130. The molecule has 2 aliphatic heterocycles. The highest BCUT2D eigenvalue weighted by molar-refractivity contribution is 7.91. The molecule has 0 radical (unpaired) electrons. The average Bonchev–Trinajstić information content (AvgIpc) is 4.09. The standard InChI is InChI=1S/C42H55F2N3O9S/c1-7-26-18-25(2)12-8-9-13-27-21-42(27,39(51)46-57(52,53)41(5)16-17-41)22-33(48)32-19-28(55-36-30-15-11-10-14-29(30)34(54-6)23-45-36)24-47(32)37(50)31(26)20-35(49)56-40(3,4)38(43)44/h9-11,13-15,23,25-28,31-32,38H,7-8,12,16-22,24H2,1-6H3,(H,46,51)/b13-9-/t25-,26+,27+,28+,31-,32-,42+/m0/s1/i5D3. The topological polar surface area (TPSA) is 158 Å². The maximum absolute atomic E-state index is 15.0. The van der Waals surface area contributed by atoms with Crippen LogP contribution < -0.4 is 14.2 Å². The van der Waals surface area contributed by atoms with E-state index in [2.05, 4.69) is 9.71 Å². The fourth-order valence-electron chi connectivity index (χ4n) is 8.37. The van der Waals surface area contributed by atoms with Crippen molar-refractivity contribution in [2.75, 3.05) is 13.7 Å². The van der Waals surface area contributed by atoms with E-state index in [9.17, 15) is 31.6 Å². The van der Waals surface area contributed by atoms with Crippen LogP contribution in [0.5, 0.6) is 11.6 Å². The number of aromatic nitrogens is 1. The second-order valence-corrected chi connectivity index (χ2v) is 18.9. The summed E-state index contributed by atoms with van der Waals surface area (Å²) in [5.41, 5.74) is -3.67. The van der Waals surface area contributed by atoms with Gasteiger partial charge in [0.25, 0.3) is 6.43 Å². The third-order valence-electron chi connectivity index (χ3n) is 12.3. The van der Waals surface area contributed by atoms with E-state index in [1.54, 1.807) is 18.2 Å². The number of benzene rings is 1. The molecule has 2 aromatic rings. The number of ether oxygens (including phenoxy) is 3. The lowest BCUT2D eigenvalue weighted by Crippen LogP contribution is -2.48. The molecule has 0 unspecified atom stereocenters. The number of nitrogens with one attached hydrogen (secondary N) is 1. The third kappa shape index (κ3) is 8.83. The first kappa shape index (κ1) is 38.4. The average molecular weight is 819 g/mol. The van der Waals surface area contributed by atoms with Crippen molar-refractivity contribution in [3.05, 3.63) is 42.6 Å². The number of nitrogens with zero attached hydrogens (tertiary/aromatic N) is 2. The Morgan fingerprint density at radius 3 is 2.53 bits per heavy atom. The van der Waals surface area contributed by atoms with Gasteiger partial charge < -0.3 is 19.1 Å². The zero-order chi connectivity index (χ0) is 44.0. The molecule has 1 saturated heterocycles. The number of methoxy groups -OCH3 is 1. The van der Waals surface area contributed by atoms with Gasteiger partial charge in [0.2, 0.25) is 27.7 Å². The largest absolute Gasteiger partial charge is 0.494 e. The van der Waals surface area contributed by atoms with Gasteiger partial charge in [-0.3, -0.25) is 23.9 Å². The van der Waals surface area contributed by atoms with Gasteiger partial charge in [-0.25, -0.2) is 22.2 Å². The molecule has 4 aliphatic rings. The number of pyridine rings is 1. The van der Waals surface area contributed by atoms with Crippen LogP contribution in [-0.2, 0) is 33.9 Å². The Hall–Kier alpha value is -4.14. The molecular formula is C42H55F2N3O9S. The summed E-state index contributed by atoms with van der Waals surface area (Å²) < 4.78 is 95.5. The van der Waals surface area contributed by atoms with E-state index < -0.39 is 105 Å². The first-order valence-corrected chi connectivity index (χ1v) is 21.2. The Labute approximate surface area is 337 Å². The molecule has 1 N–H and O–H groups in total. The molecule has 0 bridgehead atoms. The molecule has 6 rings (SSSR count). The lowest BCUT2D eigenvalue weighted by Gasteiger charge is -2.34. The number of ketones is 1. The van der Waals surface area contributed by atoms with Gasteiger partial charge in [-0.2, -0.15) is 0 Å². The number of carbonyl (C=O) groups is 4. The monoisotopic (exact) mass is 818 g/mol. The summed E-state index contributed by atoms with van der Waals surface area (Å²) in [5.74, 6) is -4.39. The van der Waals surface area contributed by atoms with Crippen LogP contribution in [0.25, 0.3) is 10.8 Å². The number of halogens is 2. The summed E-state index contributed by atoms with van der Waals surface area (Å²) in [6, 6.07) is 6.03. The van der Waals surface area contributed by atoms with Crippen molar-refractivity contribution >= 4 is 44.4 Å². The highest BCUT2D eigenvalue weighted by atomic mass is 32.2. The van der Waals surface area contributed by atoms with Crippen LogP contribution in [0.15, 0.2) is 42.6 Å². The van der Waals surface area contributed by atoms with Crippen molar-refractivity contribution in [2.45, 2.75) is 128 Å². The molecule has 312 valence electrons. The van der Waals surface area contributed by atoms with Crippen molar-refractivity contribution in [3.8, 4) is 11.6 Å². The molecule has 2 amide bonds. The molecule has 1 aromatic heterocycles. The number of amides is 2. The number of rotatable bonds is 11. The summed E-state index contributed by atoms with van der Waals surface area (Å²) in [7, 11) is -3.18. The summed E-state index contributed by atoms with van der Waals surface area (Å²) in [6.07, 6.45) is 2.31. The maximum atomic E-state index is 15.0. The summed E-state index contributed by atoms with van der Waals surface area (Å²) in [5, 5.41) is 1.31. The van der Waals surface area contributed by atoms with E-state index in [1.807, 2.05) is 32.1 Å². The number of hydrogen-bond donors (Lipinski definition) is 1. The van der Waals surface area contributed by atoms with Crippen molar-refractivity contribution < 1.29 is 54.7 Å². The van der Waals surface area contributed by atoms with Crippen LogP contribution in [0.1, 0.15) is 103 Å². The van der Waals surface area contributed by atoms with Crippen LogP contribution in [0.4, 0.5) is 8.78 Å². The molecular weight excluding hydrogens is 761 g/mol. The molecule has 1 aromatic carbocycles. The van der Waals surface area contributed by atoms with Crippen molar-refractivity contribution in [1.29, 1.82) is 0 Å². The number of Topliss-reactive ketones (excluding diaryl/α,β-unsaturated/α-hetero) is 1. The van der Waals surface area contributed by atoms with E-state index >= 15 is 4.79 Å². The third-order valence-corrected chi connectivity index (χ3v) is 14.1. The van der Waals surface area contributed by atoms with Crippen LogP contribution in [-0.4, -0.2) is 84.4 Å². The van der Waals surface area contributed by atoms with E-state index in [1.165, 1.54) is 18.2 Å². The smallest absolute Gasteiger partial charge is 0.307 e. The molecule has 15 heteroatoms. The second kappa shape index (κ2) is 16.2. The number of alkyl halides is 2. The van der Waals surface area contributed by atoms with E-state index in [0.717, 1.165) is 13.8 Å². The maximum Gasteiger partial charge on any atom is 0.307 e. The van der Waals surface area contributed by atoms with Crippen LogP contribution in [0.2, 0.25) is 0 Å². The fourth-order valence-corrected chi connectivity index (χ4v) is 9.65. The number of fused-ring (bicyclic) bond motifs is 3. The molecule has 3 fully saturated rings. The minimum Gasteiger partial charge on any atom is -0.494 e. The second-order valence-electron chi connectivity index (χ2n) is 16.9. The Balaban J connectivity index is 1.37. The van der Waals surface area contributed by atoms with Gasteiger partial charge in [-0.05, 0) is 83.0 Å². The van der Waals surface area contributed by atoms with Crippen molar-refractivity contribution in [1.82, 2.24) is 14.6 Å². The number of hydrogen-bond acceptors (Lipinski definition) is 10. The highest BCUT2D eigenvalue weighted by Crippen LogP contribution is 2.58. The first-order valence-electron chi connectivity index (χ1n) is 21.2. The lowest BCUT2D eigenvalue weighted by atomic mass is 9.79. The Morgan fingerprint density at radius 1 is 1.16 bits per heavy atom. The van der Waals surface area contributed by atoms with Gasteiger partial charge in [0.05, 0.1) is 48.4 Å². The molecule has 2 saturated carbocycles. The highest BCUT2D eigenvalue weighted by Gasteiger charge is 2.63. The van der Waals surface area contributed by atoms with Gasteiger partial charge >= 0.3 is 5.97 Å². The zero-order valence-electron chi connectivity index (χ0n) is 36.1. The van der Waals surface area contributed by atoms with Crippen molar-refractivity contribution in [2.24, 2.45) is 29.1 Å². The molecule has 12 nitrogen and oxygen atoms in total. The normalized spacial score (nSPS) is 30.7. The van der Waals surface area contributed by atoms with Crippen LogP contribution >= 0.6 is 0 Å². The van der Waals surface area contributed by atoms with Crippen molar-refractivity contribution in [3.63, 3.8) is 0 Å². The van der Waals surface area contributed by atoms with E-state index in [0.29, 0.717) is 42.2 Å². The fraction of sp³-hybridized carbons (Fsp3) is 0.643. The van der Waals surface area contributed by atoms with E-state index in [-0.39, 0.29) is 44.0 Å². The Morgan fingerprint density at radius 2 is 1.88 bits per heavy atom. The van der Waals surface area contributed by atoms with Crippen LogP contribution in [0.3, 0.4) is 0 Å². The zero-order valence-corrected chi connectivity index (χ0v) is 33.9. The summed E-state index contributed by atoms with van der Waals surface area (Å²) in [4.78, 5) is 63.1. The predicted octanol–water partition coefficient (Wildman–Crippen LogP) is 6.55. The molecule has 3 heterocycles. The minimum absolute atomic E-state index is 0.0297. The van der Waals surface area contributed by atoms with Gasteiger partial charge in [-0.15, -0.1) is 0 Å². The lowest BCUT2D eigenvalue weighted by molar-refractivity contribution is -0.174. The van der Waals surface area contributed by atoms with E-state index in [4.69, 9.17) is 18.3 Å². The van der Waals surface area contributed by atoms with Gasteiger partial charge in [-0.1, -0.05) is 50.6 Å². The Kier molecular flexibility index (Phi) is 10.9. The van der Waals surface area contributed by atoms with Crippen LogP contribution in [0, 0.1) is 29.1 Å². The summed E-state index contributed by atoms with van der Waals surface area (Å²) >= 11 is 0. The first-order chi connectivity index (χ1) is 28.1. The van der Waals surface area contributed by atoms with Gasteiger partial charge in [0.1, 0.15) is 11.9 Å². The molecule has 7 atom stereocenters.